The Labute approximate surface area is 85.1 Å². The van der Waals surface area contributed by atoms with Gasteiger partial charge in [0.15, 0.2) is 0 Å². The van der Waals surface area contributed by atoms with Gasteiger partial charge in [-0.1, -0.05) is 44.2 Å². The fourth-order valence-corrected chi connectivity index (χ4v) is 2.38. The molecule has 0 unspecified atom stereocenters. The van der Waals surface area contributed by atoms with E-state index in [1.165, 1.54) is 5.56 Å². The van der Waals surface area contributed by atoms with Crippen molar-refractivity contribution >= 4 is 5.78 Å². The minimum Gasteiger partial charge on any atom is -0.299 e. The van der Waals surface area contributed by atoms with Crippen LogP contribution in [0, 0.1) is 5.92 Å². The van der Waals surface area contributed by atoms with E-state index in [1.807, 2.05) is 6.07 Å². The Hall–Kier alpha value is -1.11. The molecule has 0 spiro atoms. The van der Waals surface area contributed by atoms with Crippen LogP contribution in [0.3, 0.4) is 0 Å². The van der Waals surface area contributed by atoms with Crippen molar-refractivity contribution < 1.29 is 4.79 Å². The second-order valence-electron chi connectivity index (χ2n) is 4.47. The largest absolute Gasteiger partial charge is 0.299 e. The highest BCUT2D eigenvalue weighted by atomic mass is 16.1. The third-order valence-electron chi connectivity index (χ3n) is 3.76. The molecule has 1 nitrogen and oxygen atoms in total. The van der Waals surface area contributed by atoms with Crippen molar-refractivity contribution in [3.05, 3.63) is 35.9 Å². The van der Waals surface area contributed by atoms with Crippen molar-refractivity contribution in [2.45, 2.75) is 32.1 Å². The monoisotopic (exact) mass is 188 g/mol. The number of benzene rings is 1. The van der Waals surface area contributed by atoms with E-state index in [0.717, 1.165) is 12.8 Å². The van der Waals surface area contributed by atoms with Gasteiger partial charge in [-0.2, -0.15) is 0 Å². The van der Waals surface area contributed by atoms with Gasteiger partial charge in [-0.3, -0.25) is 4.79 Å². The molecule has 2 rings (SSSR count). The van der Waals surface area contributed by atoms with E-state index in [0.29, 0.717) is 5.78 Å². The zero-order chi connectivity index (χ0) is 10.2. The molecule has 2 atom stereocenters. The molecule has 0 bridgehead atoms. The smallest absolute Gasteiger partial charge is 0.136 e. The van der Waals surface area contributed by atoms with Gasteiger partial charge in [-0.15, -0.1) is 0 Å². The fraction of sp³-hybridized carbons (Fsp3) is 0.462. The van der Waals surface area contributed by atoms with E-state index in [-0.39, 0.29) is 11.3 Å². The first-order valence-corrected chi connectivity index (χ1v) is 5.23. The third-order valence-corrected chi connectivity index (χ3v) is 3.76. The van der Waals surface area contributed by atoms with Crippen LogP contribution >= 0.6 is 0 Å². The molecule has 1 aliphatic carbocycles. The van der Waals surface area contributed by atoms with Crippen LogP contribution in [0.2, 0.25) is 0 Å². The minimum absolute atomic E-state index is 0.0678. The summed E-state index contributed by atoms with van der Waals surface area (Å²) in [5.74, 6) is 0.584. The molecule has 1 saturated carbocycles. The molecule has 14 heavy (non-hydrogen) atoms. The maximum absolute atomic E-state index is 11.6. The van der Waals surface area contributed by atoms with E-state index in [9.17, 15) is 4.79 Å². The second kappa shape index (κ2) is 3.23. The van der Waals surface area contributed by atoms with Crippen LogP contribution in [0.4, 0.5) is 0 Å². The van der Waals surface area contributed by atoms with Gasteiger partial charge >= 0.3 is 0 Å². The third kappa shape index (κ3) is 1.28. The van der Waals surface area contributed by atoms with Crippen LogP contribution in [-0.2, 0) is 10.2 Å². The summed E-state index contributed by atoms with van der Waals surface area (Å²) >= 11 is 0. The van der Waals surface area contributed by atoms with E-state index in [4.69, 9.17) is 0 Å². The average molecular weight is 188 g/mol. The summed E-state index contributed by atoms with van der Waals surface area (Å²) in [7, 11) is 0. The standard InChI is InChI=1S/C13H16O/c1-10-12(14)8-9-13(10,2)11-6-4-3-5-7-11/h3-7,10H,8-9H2,1-2H3/t10-,13+/m1/s1. The molecule has 0 heterocycles. The average Bonchev–Trinajstić information content (AvgIpc) is 2.49. The van der Waals surface area contributed by atoms with Crippen molar-refractivity contribution in [3.63, 3.8) is 0 Å². The molecule has 0 amide bonds. The maximum atomic E-state index is 11.6. The van der Waals surface area contributed by atoms with Crippen LogP contribution in [0.25, 0.3) is 0 Å². The molecule has 1 aromatic rings. The Bertz CT molecular complexity index is 342. The summed E-state index contributed by atoms with van der Waals surface area (Å²) in [4.78, 5) is 11.6. The van der Waals surface area contributed by atoms with Crippen LogP contribution in [0.5, 0.6) is 0 Å². The van der Waals surface area contributed by atoms with Gasteiger partial charge in [0.25, 0.3) is 0 Å². The van der Waals surface area contributed by atoms with Gasteiger partial charge in [0.1, 0.15) is 5.78 Å². The first-order chi connectivity index (χ1) is 6.64. The molecule has 0 aromatic heterocycles. The molecule has 0 aliphatic heterocycles. The SMILES string of the molecule is C[C@@H]1C(=O)CC[C@]1(C)c1ccccc1. The predicted octanol–water partition coefficient (Wildman–Crippen LogP) is 2.94. The van der Waals surface area contributed by atoms with Gasteiger partial charge < -0.3 is 0 Å². The lowest BCUT2D eigenvalue weighted by atomic mass is 9.75. The molecular formula is C13H16O. The van der Waals surface area contributed by atoms with Crippen molar-refractivity contribution in [2.24, 2.45) is 5.92 Å². The lowest BCUT2D eigenvalue weighted by Crippen LogP contribution is -2.27. The molecular weight excluding hydrogens is 172 g/mol. The number of carbonyl (C=O) groups is 1. The van der Waals surface area contributed by atoms with Crippen LogP contribution < -0.4 is 0 Å². The number of hydrogen-bond acceptors (Lipinski definition) is 1. The lowest BCUT2D eigenvalue weighted by molar-refractivity contribution is -0.120. The Balaban J connectivity index is 2.39. The van der Waals surface area contributed by atoms with Crippen molar-refractivity contribution in [1.29, 1.82) is 0 Å². The zero-order valence-electron chi connectivity index (χ0n) is 8.79. The predicted molar refractivity (Wildman–Crippen MR) is 57.2 cm³/mol. The van der Waals surface area contributed by atoms with Gasteiger partial charge in [0.05, 0.1) is 0 Å². The van der Waals surface area contributed by atoms with Gasteiger partial charge in [0.2, 0.25) is 0 Å². The maximum Gasteiger partial charge on any atom is 0.136 e. The minimum atomic E-state index is 0.0678. The topological polar surface area (TPSA) is 17.1 Å². The molecule has 1 heteroatoms. The number of ketones is 1. The molecule has 1 fully saturated rings. The number of rotatable bonds is 1. The molecule has 0 radical (unpaired) electrons. The van der Waals surface area contributed by atoms with E-state index < -0.39 is 0 Å². The summed E-state index contributed by atoms with van der Waals surface area (Å²) in [5, 5.41) is 0. The second-order valence-corrected chi connectivity index (χ2v) is 4.47. The first-order valence-electron chi connectivity index (χ1n) is 5.23. The van der Waals surface area contributed by atoms with Crippen LogP contribution in [0.15, 0.2) is 30.3 Å². The lowest BCUT2D eigenvalue weighted by Gasteiger charge is -2.28. The summed E-state index contributed by atoms with van der Waals surface area (Å²) in [5.41, 5.74) is 1.37. The van der Waals surface area contributed by atoms with Gasteiger partial charge in [-0.05, 0) is 12.0 Å². The quantitative estimate of drug-likeness (QED) is 0.662. The highest BCUT2D eigenvalue weighted by Crippen LogP contribution is 2.42. The van der Waals surface area contributed by atoms with E-state index in [2.05, 4.69) is 38.1 Å². The normalized spacial score (nSPS) is 32.1. The Morgan fingerprint density at radius 3 is 2.43 bits per heavy atom. The molecule has 0 saturated heterocycles. The number of carbonyl (C=O) groups excluding carboxylic acids is 1. The zero-order valence-corrected chi connectivity index (χ0v) is 8.79. The van der Waals surface area contributed by atoms with E-state index >= 15 is 0 Å². The fourth-order valence-electron chi connectivity index (χ4n) is 2.38. The van der Waals surface area contributed by atoms with Gasteiger partial charge in [-0.25, -0.2) is 0 Å². The van der Waals surface area contributed by atoms with Crippen molar-refractivity contribution in [1.82, 2.24) is 0 Å². The number of Topliss-reactive ketones (excluding diaryl/α,β-unsaturated/α-hetero) is 1. The highest BCUT2D eigenvalue weighted by molar-refractivity contribution is 5.85. The van der Waals surface area contributed by atoms with Crippen molar-refractivity contribution in [2.75, 3.05) is 0 Å². The summed E-state index contributed by atoms with van der Waals surface area (Å²) in [6.45, 7) is 4.26. The van der Waals surface area contributed by atoms with Crippen molar-refractivity contribution in [3.8, 4) is 0 Å². The van der Waals surface area contributed by atoms with Crippen LogP contribution in [0.1, 0.15) is 32.3 Å². The summed E-state index contributed by atoms with van der Waals surface area (Å²) in [6, 6.07) is 10.4. The van der Waals surface area contributed by atoms with E-state index in [1.54, 1.807) is 0 Å². The Kier molecular flexibility index (Phi) is 2.18. The first kappa shape index (κ1) is 9.45. The van der Waals surface area contributed by atoms with Gasteiger partial charge in [0, 0.05) is 17.8 Å². The van der Waals surface area contributed by atoms with Crippen LogP contribution in [-0.4, -0.2) is 5.78 Å². The molecule has 74 valence electrons. The summed E-state index contributed by atoms with van der Waals surface area (Å²) < 4.78 is 0. The summed E-state index contributed by atoms with van der Waals surface area (Å²) in [6.07, 6.45) is 1.74. The Morgan fingerprint density at radius 2 is 1.93 bits per heavy atom. The molecule has 1 aliphatic rings. The number of hydrogen-bond donors (Lipinski definition) is 0. The highest BCUT2D eigenvalue weighted by Gasteiger charge is 2.42. The molecule has 1 aromatic carbocycles. The molecule has 0 N–H and O–H groups in total. The Morgan fingerprint density at radius 1 is 1.29 bits per heavy atom.